The van der Waals surface area contributed by atoms with Crippen LogP contribution in [0, 0.1) is 45.8 Å². The van der Waals surface area contributed by atoms with E-state index in [1.54, 1.807) is 0 Å². The van der Waals surface area contributed by atoms with Gasteiger partial charge in [-0.2, -0.15) is 17.2 Å². The number of hydrogen-bond donors (Lipinski definition) is 0. The molecule has 0 spiro atoms. The van der Waals surface area contributed by atoms with Gasteiger partial charge >= 0.3 is 21.3 Å². The molecule has 180 valence electrons. The Hall–Kier alpha value is -0.760. The van der Waals surface area contributed by atoms with E-state index in [0.717, 1.165) is 44.1 Å². The van der Waals surface area contributed by atoms with E-state index in [4.69, 9.17) is 4.18 Å². The summed E-state index contributed by atoms with van der Waals surface area (Å²) in [5.41, 5.74) is 0.206. The zero-order valence-corrected chi connectivity index (χ0v) is 19.6. The number of alkyl halides is 2. The summed E-state index contributed by atoms with van der Waals surface area (Å²) in [5.74, 6) is 1.53. The summed E-state index contributed by atoms with van der Waals surface area (Å²) in [5, 5.41) is -4.68. The number of hydrogen-bond acceptors (Lipinski definition) is 5. The van der Waals surface area contributed by atoms with E-state index in [1.807, 2.05) is 0 Å². The second-order valence-electron chi connectivity index (χ2n) is 12.7. The molecular weight excluding hydrogens is 438 g/mol. The first-order valence-corrected chi connectivity index (χ1v) is 13.8. The van der Waals surface area contributed by atoms with Gasteiger partial charge in [-0.15, -0.1) is 0 Å². The molecule has 0 N–H and O–H groups in total. The molecule has 0 aromatic heterocycles. The van der Waals surface area contributed by atoms with Crippen LogP contribution < -0.4 is 0 Å². The fourth-order valence-corrected chi connectivity index (χ4v) is 11.3. The molecule has 5 nitrogen and oxygen atoms in total. The second-order valence-corrected chi connectivity index (χ2v) is 14.3. The number of rotatable bonds is 6. The Bertz CT molecular complexity index is 879. The molecular formula is C24H34F2O5S. The van der Waals surface area contributed by atoms with Crippen LogP contribution in [0.1, 0.15) is 77.0 Å². The molecule has 0 amide bonds. The number of carbonyl (C=O) groups excluding carboxylic acids is 1. The Morgan fingerprint density at radius 1 is 0.844 bits per heavy atom. The van der Waals surface area contributed by atoms with Crippen molar-refractivity contribution in [1.29, 1.82) is 0 Å². The largest absolute Gasteiger partial charge is 0.466 e. The number of carbonyl (C=O) groups is 1. The highest BCUT2D eigenvalue weighted by Crippen LogP contribution is 2.76. The summed E-state index contributed by atoms with van der Waals surface area (Å²) in [7, 11) is -4.64. The lowest BCUT2D eigenvalue weighted by atomic mass is 9.33. The molecule has 0 aliphatic heterocycles. The van der Waals surface area contributed by atoms with Gasteiger partial charge < -0.3 is 4.74 Å². The van der Waals surface area contributed by atoms with Crippen LogP contribution in [0.4, 0.5) is 8.78 Å². The number of methoxy groups -OCH3 is 1. The average molecular weight is 473 g/mol. The Morgan fingerprint density at radius 2 is 1.31 bits per heavy atom. The maximum atomic E-state index is 14.1. The van der Waals surface area contributed by atoms with Crippen LogP contribution in [-0.4, -0.2) is 33.4 Å². The minimum atomic E-state index is -5.39. The summed E-state index contributed by atoms with van der Waals surface area (Å²) < 4.78 is 61.8. The molecule has 8 bridgehead atoms. The molecule has 32 heavy (non-hydrogen) atoms. The third-order valence-electron chi connectivity index (χ3n) is 10.6. The minimum absolute atomic E-state index is 0.213. The van der Waals surface area contributed by atoms with Crippen molar-refractivity contribution in [2.45, 2.75) is 82.3 Å². The molecule has 8 heteroatoms. The van der Waals surface area contributed by atoms with Crippen molar-refractivity contribution in [1.82, 2.24) is 0 Å². The highest BCUT2D eigenvalue weighted by molar-refractivity contribution is 7.88. The highest BCUT2D eigenvalue weighted by Gasteiger charge is 2.68. The van der Waals surface area contributed by atoms with Crippen molar-refractivity contribution < 1.29 is 30.9 Å². The normalized spacial score (nSPS) is 48.9. The Balaban J connectivity index is 1.28. The standard InChI is InChI=1S/C24H34F2O5S/c1-30-20(27)24(25,26)32(28,29)31-14-21-6-18-5-19(7-21)12-23(11-18,13-21)22-8-15-2-16(9-22)4-17(3-15)10-22/h15-19H,2-14H2,1H3. The van der Waals surface area contributed by atoms with Crippen LogP contribution in [0.3, 0.4) is 0 Å². The first-order chi connectivity index (χ1) is 15.0. The smallest absolute Gasteiger partial charge is 0.464 e. The van der Waals surface area contributed by atoms with Gasteiger partial charge in [-0.25, -0.2) is 4.79 Å². The van der Waals surface area contributed by atoms with E-state index >= 15 is 0 Å². The molecule has 0 aromatic rings. The molecule has 0 heterocycles. The van der Waals surface area contributed by atoms with Crippen molar-refractivity contribution in [2.75, 3.05) is 13.7 Å². The molecule has 2 unspecified atom stereocenters. The zero-order chi connectivity index (χ0) is 22.6. The summed E-state index contributed by atoms with van der Waals surface area (Å²) in [6.07, 6.45) is 14.3. The third kappa shape index (κ3) is 2.93. The molecule has 8 aliphatic carbocycles. The molecule has 8 saturated carbocycles. The van der Waals surface area contributed by atoms with Gasteiger partial charge in [-0.1, -0.05) is 0 Å². The van der Waals surface area contributed by atoms with E-state index in [2.05, 4.69) is 4.74 Å². The van der Waals surface area contributed by atoms with Gasteiger partial charge in [0.25, 0.3) is 0 Å². The van der Waals surface area contributed by atoms with E-state index in [1.165, 1.54) is 57.8 Å². The van der Waals surface area contributed by atoms with Crippen molar-refractivity contribution in [3.63, 3.8) is 0 Å². The van der Waals surface area contributed by atoms with Gasteiger partial charge in [-0.05, 0) is 123 Å². The molecule has 8 fully saturated rings. The molecule has 0 aromatic carbocycles. The second kappa shape index (κ2) is 6.67. The highest BCUT2D eigenvalue weighted by atomic mass is 32.2. The third-order valence-corrected chi connectivity index (χ3v) is 11.8. The predicted molar refractivity (Wildman–Crippen MR) is 112 cm³/mol. The van der Waals surface area contributed by atoms with Crippen molar-refractivity contribution in [2.24, 2.45) is 45.8 Å². The zero-order valence-electron chi connectivity index (χ0n) is 18.8. The van der Waals surface area contributed by atoms with Crippen LogP contribution in [0.25, 0.3) is 0 Å². The van der Waals surface area contributed by atoms with Gasteiger partial charge in [0.1, 0.15) is 0 Å². The molecule has 8 rings (SSSR count). The van der Waals surface area contributed by atoms with Crippen LogP contribution >= 0.6 is 0 Å². The predicted octanol–water partition coefficient (Wildman–Crippen LogP) is 4.90. The topological polar surface area (TPSA) is 69.7 Å². The fourth-order valence-electron chi connectivity index (χ4n) is 10.5. The lowest BCUT2D eigenvalue weighted by molar-refractivity contribution is -0.225. The van der Waals surface area contributed by atoms with Crippen molar-refractivity contribution >= 4 is 16.1 Å². The summed E-state index contributed by atoms with van der Waals surface area (Å²) in [6, 6.07) is 0. The van der Waals surface area contributed by atoms with E-state index in [-0.39, 0.29) is 17.4 Å². The van der Waals surface area contributed by atoms with E-state index < -0.39 is 21.3 Å². The number of ether oxygens (including phenoxy) is 1. The first-order valence-electron chi connectivity index (χ1n) is 12.3. The molecule has 2 atom stereocenters. The van der Waals surface area contributed by atoms with Gasteiger partial charge in [0.05, 0.1) is 13.7 Å². The van der Waals surface area contributed by atoms with Crippen molar-refractivity contribution in [3.05, 3.63) is 0 Å². The van der Waals surface area contributed by atoms with E-state index in [9.17, 15) is 22.0 Å². The minimum Gasteiger partial charge on any atom is -0.464 e. The van der Waals surface area contributed by atoms with Crippen LogP contribution in [0.2, 0.25) is 0 Å². The summed E-state index contributed by atoms with van der Waals surface area (Å²) in [6.45, 7) is -0.233. The molecule has 0 saturated heterocycles. The summed E-state index contributed by atoms with van der Waals surface area (Å²) in [4.78, 5) is 11.4. The monoisotopic (exact) mass is 472 g/mol. The van der Waals surface area contributed by atoms with Gasteiger partial charge in [0.15, 0.2) is 0 Å². The Kier molecular flexibility index (Phi) is 4.54. The van der Waals surface area contributed by atoms with Crippen LogP contribution in [0.5, 0.6) is 0 Å². The molecule has 8 aliphatic rings. The van der Waals surface area contributed by atoms with Gasteiger partial charge in [0, 0.05) is 0 Å². The van der Waals surface area contributed by atoms with Crippen molar-refractivity contribution in [3.8, 4) is 0 Å². The van der Waals surface area contributed by atoms with Gasteiger partial charge in [-0.3, -0.25) is 4.18 Å². The lowest BCUT2D eigenvalue weighted by Crippen LogP contribution is -2.63. The van der Waals surface area contributed by atoms with Gasteiger partial charge in [0.2, 0.25) is 0 Å². The Morgan fingerprint density at radius 3 is 1.81 bits per heavy atom. The first kappa shape index (κ1) is 21.8. The SMILES string of the molecule is COC(=O)C(F)(F)S(=O)(=O)OCC12CC3CC(C1)CC(C14CC5CC(CC(C5)C1)C4)(C3)C2. The van der Waals surface area contributed by atoms with E-state index in [0.29, 0.717) is 17.3 Å². The maximum absolute atomic E-state index is 14.1. The summed E-state index contributed by atoms with van der Waals surface area (Å²) >= 11 is 0. The van der Waals surface area contributed by atoms with Crippen LogP contribution in [-0.2, 0) is 23.8 Å². The number of esters is 1. The fraction of sp³-hybridized carbons (Fsp3) is 0.958. The van der Waals surface area contributed by atoms with Crippen LogP contribution in [0.15, 0.2) is 0 Å². The quantitative estimate of drug-likeness (QED) is 0.406. The lowest BCUT2D eigenvalue weighted by Gasteiger charge is -2.72. The molecule has 0 radical (unpaired) electrons. The average Bonchev–Trinajstić information content (AvgIpc) is 2.70. The number of halogens is 2. The maximum Gasteiger partial charge on any atom is 0.466 e. The Labute approximate surface area is 189 Å².